The van der Waals surface area contributed by atoms with Crippen LogP contribution in [0.1, 0.15) is 12.0 Å². The van der Waals surface area contributed by atoms with Gasteiger partial charge in [-0.15, -0.1) is 8.78 Å². The van der Waals surface area contributed by atoms with Gasteiger partial charge in [-0.25, -0.2) is 0 Å². The van der Waals surface area contributed by atoms with Gasteiger partial charge in [0.15, 0.2) is 11.5 Å². The summed E-state index contributed by atoms with van der Waals surface area (Å²) >= 11 is 0. The van der Waals surface area contributed by atoms with Crippen LogP contribution < -0.4 is 9.47 Å². The fourth-order valence-electron chi connectivity index (χ4n) is 1.56. The third kappa shape index (κ3) is 2.46. The summed E-state index contributed by atoms with van der Waals surface area (Å²) in [5.74, 6) is -0.438. The number of alkyl halides is 2. The first-order chi connectivity index (χ1) is 8.02. The molecule has 0 saturated carbocycles. The summed E-state index contributed by atoms with van der Waals surface area (Å²) < 4.78 is 38.8. The van der Waals surface area contributed by atoms with E-state index in [0.717, 1.165) is 0 Å². The van der Waals surface area contributed by atoms with Gasteiger partial charge in [0.05, 0.1) is 7.11 Å². The Bertz CT molecular complexity index is 445. The van der Waals surface area contributed by atoms with Crippen molar-refractivity contribution >= 4 is 5.97 Å². The molecule has 17 heavy (non-hydrogen) atoms. The van der Waals surface area contributed by atoms with E-state index in [2.05, 4.69) is 14.2 Å². The first-order valence-corrected chi connectivity index (χ1v) is 4.96. The largest absolute Gasteiger partial charge is 0.586 e. The highest BCUT2D eigenvalue weighted by Gasteiger charge is 2.44. The fraction of sp³-hybridized carbons (Fsp3) is 0.364. The molecule has 1 aromatic rings. The Morgan fingerprint density at radius 1 is 1.41 bits per heavy atom. The molecule has 0 radical (unpaired) electrons. The molecule has 0 aliphatic carbocycles. The molecule has 1 aliphatic rings. The molecule has 4 nitrogen and oxygen atoms in total. The summed E-state index contributed by atoms with van der Waals surface area (Å²) in [5.41, 5.74) is 0.491. The number of methoxy groups -OCH3 is 1. The van der Waals surface area contributed by atoms with Crippen LogP contribution in [0.25, 0.3) is 0 Å². The minimum absolute atomic E-state index is 0.0126. The second-order valence-electron chi connectivity index (χ2n) is 3.49. The third-order valence-electron chi connectivity index (χ3n) is 2.34. The van der Waals surface area contributed by atoms with Gasteiger partial charge in [-0.1, -0.05) is 12.1 Å². The van der Waals surface area contributed by atoms with Gasteiger partial charge in [0, 0.05) is 6.42 Å². The molecule has 1 aliphatic heterocycles. The Morgan fingerprint density at radius 2 is 2.18 bits per heavy atom. The predicted molar refractivity (Wildman–Crippen MR) is 53.0 cm³/mol. The second-order valence-corrected chi connectivity index (χ2v) is 3.49. The van der Waals surface area contributed by atoms with Gasteiger partial charge in [-0.2, -0.15) is 0 Å². The molecule has 0 fully saturated rings. The van der Waals surface area contributed by atoms with E-state index in [1.54, 1.807) is 12.1 Å². The highest BCUT2D eigenvalue weighted by atomic mass is 19.3. The molecule has 0 bridgehead atoms. The molecule has 0 unspecified atom stereocenters. The number of hydrogen-bond acceptors (Lipinski definition) is 4. The first-order valence-electron chi connectivity index (χ1n) is 4.96. The third-order valence-corrected chi connectivity index (χ3v) is 2.34. The lowest BCUT2D eigenvalue weighted by molar-refractivity contribution is -0.286. The molecule has 1 aromatic carbocycles. The van der Waals surface area contributed by atoms with Gasteiger partial charge >= 0.3 is 12.3 Å². The lowest BCUT2D eigenvalue weighted by atomic mass is 10.1. The van der Waals surface area contributed by atoms with Crippen LogP contribution in [0.5, 0.6) is 11.5 Å². The molecule has 2 rings (SSSR count). The van der Waals surface area contributed by atoms with Crippen LogP contribution in [0.3, 0.4) is 0 Å². The first kappa shape index (κ1) is 11.6. The van der Waals surface area contributed by atoms with Gasteiger partial charge in [0.1, 0.15) is 0 Å². The number of rotatable bonds is 3. The highest BCUT2D eigenvalue weighted by molar-refractivity contribution is 5.69. The predicted octanol–water partition coefficient (Wildman–Crippen LogP) is 2.11. The second kappa shape index (κ2) is 4.20. The summed E-state index contributed by atoms with van der Waals surface area (Å²) in [6, 6.07) is 4.56. The van der Waals surface area contributed by atoms with Crippen LogP contribution in [-0.4, -0.2) is 19.4 Å². The maximum absolute atomic E-state index is 12.8. The SMILES string of the molecule is COC(=O)CCc1cccc2c1OC(F)(F)O2. The number of aryl methyl sites for hydroxylation is 1. The van der Waals surface area contributed by atoms with Crippen molar-refractivity contribution < 1.29 is 27.8 Å². The summed E-state index contributed by atoms with van der Waals surface area (Å²) in [5, 5.41) is 0. The normalized spacial score (nSPS) is 15.7. The van der Waals surface area contributed by atoms with Crippen molar-refractivity contribution in [3.8, 4) is 11.5 Å². The number of ether oxygens (including phenoxy) is 3. The van der Waals surface area contributed by atoms with E-state index < -0.39 is 12.3 Å². The number of esters is 1. The average molecular weight is 244 g/mol. The van der Waals surface area contributed by atoms with E-state index in [-0.39, 0.29) is 24.3 Å². The smallest absolute Gasteiger partial charge is 0.469 e. The Kier molecular flexibility index (Phi) is 2.87. The molecule has 0 amide bonds. The van der Waals surface area contributed by atoms with Crippen LogP contribution in [0, 0.1) is 0 Å². The van der Waals surface area contributed by atoms with Crippen molar-refractivity contribution in [1.29, 1.82) is 0 Å². The minimum Gasteiger partial charge on any atom is -0.469 e. The zero-order valence-corrected chi connectivity index (χ0v) is 9.04. The van der Waals surface area contributed by atoms with E-state index in [1.165, 1.54) is 13.2 Å². The highest BCUT2D eigenvalue weighted by Crippen LogP contribution is 2.43. The van der Waals surface area contributed by atoms with E-state index in [4.69, 9.17) is 0 Å². The molecule has 6 heteroatoms. The lowest BCUT2D eigenvalue weighted by Crippen LogP contribution is -2.26. The standard InChI is InChI=1S/C11H10F2O4/c1-15-9(14)6-5-7-3-2-4-8-10(7)17-11(12,13)16-8/h2-4H,5-6H2,1H3. The summed E-state index contributed by atoms with van der Waals surface area (Å²) in [7, 11) is 1.27. The van der Waals surface area contributed by atoms with Crippen molar-refractivity contribution in [2.24, 2.45) is 0 Å². The van der Waals surface area contributed by atoms with Gasteiger partial charge in [0.2, 0.25) is 0 Å². The van der Waals surface area contributed by atoms with Crippen LogP contribution in [0.4, 0.5) is 8.78 Å². The molecule has 0 spiro atoms. The van der Waals surface area contributed by atoms with Crippen LogP contribution in [-0.2, 0) is 16.0 Å². The minimum atomic E-state index is -3.64. The number of benzene rings is 1. The Balaban J connectivity index is 2.16. The number of halogens is 2. The van der Waals surface area contributed by atoms with E-state index in [1.807, 2.05) is 0 Å². The summed E-state index contributed by atoms with van der Waals surface area (Å²) in [6.07, 6.45) is -3.28. The van der Waals surface area contributed by atoms with E-state index >= 15 is 0 Å². The maximum Gasteiger partial charge on any atom is 0.586 e. The molecule has 1 heterocycles. The maximum atomic E-state index is 12.8. The van der Waals surface area contributed by atoms with Gasteiger partial charge in [-0.3, -0.25) is 4.79 Å². The Hall–Kier alpha value is -1.85. The monoisotopic (exact) mass is 244 g/mol. The number of para-hydroxylation sites is 1. The van der Waals surface area contributed by atoms with Crippen molar-refractivity contribution in [1.82, 2.24) is 0 Å². The number of hydrogen-bond donors (Lipinski definition) is 0. The topological polar surface area (TPSA) is 44.8 Å². The van der Waals surface area contributed by atoms with Gasteiger partial charge in [-0.05, 0) is 18.1 Å². The van der Waals surface area contributed by atoms with Crippen LogP contribution >= 0.6 is 0 Å². The zero-order valence-electron chi connectivity index (χ0n) is 9.04. The molecule has 0 N–H and O–H groups in total. The van der Waals surface area contributed by atoms with Crippen molar-refractivity contribution in [2.45, 2.75) is 19.1 Å². The lowest BCUT2D eigenvalue weighted by Gasteiger charge is -2.06. The van der Waals surface area contributed by atoms with Crippen molar-refractivity contribution in [3.05, 3.63) is 23.8 Å². The zero-order chi connectivity index (χ0) is 12.5. The van der Waals surface area contributed by atoms with E-state index in [0.29, 0.717) is 5.56 Å². The molecular weight excluding hydrogens is 234 g/mol. The molecule has 0 atom stereocenters. The summed E-state index contributed by atoms with van der Waals surface area (Å²) in [4.78, 5) is 11.0. The summed E-state index contributed by atoms with van der Waals surface area (Å²) in [6.45, 7) is 0. The van der Waals surface area contributed by atoms with Gasteiger partial charge in [0.25, 0.3) is 0 Å². The Morgan fingerprint density at radius 3 is 2.88 bits per heavy atom. The van der Waals surface area contributed by atoms with Gasteiger partial charge < -0.3 is 14.2 Å². The van der Waals surface area contributed by atoms with Crippen LogP contribution in [0.15, 0.2) is 18.2 Å². The Labute approximate surface area is 96.1 Å². The quantitative estimate of drug-likeness (QED) is 0.764. The van der Waals surface area contributed by atoms with Crippen molar-refractivity contribution in [3.63, 3.8) is 0 Å². The van der Waals surface area contributed by atoms with E-state index in [9.17, 15) is 13.6 Å². The molecular formula is C11H10F2O4. The fourth-order valence-corrected chi connectivity index (χ4v) is 1.56. The molecule has 92 valence electrons. The van der Waals surface area contributed by atoms with Crippen molar-refractivity contribution in [2.75, 3.05) is 7.11 Å². The average Bonchev–Trinajstić information content (AvgIpc) is 2.60. The molecule has 0 aromatic heterocycles. The van der Waals surface area contributed by atoms with Crippen LogP contribution in [0.2, 0.25) is 0 Å². The number of carbonyl (C=O) groups excluding carboxylic acids is 1. The number of carbonyl (C=O) groups is 1. The number of fused-ring (bicyclic) bond motifs is 1. The molecule has 0 saturated heterocycles.